The van der Waals surface area contributed by atoms with Crippen LogP contribution in [-0.2, 0) is 0 Å². The monoisotopic (exact) mass is 287 g/mol. The van der Waals surface area contributed by atoms with Gasteiger partial charge in [-0.1, -0.05) is 22.9 Å². The number of aromatic nitrogens is 1. The summed E-state index contributed by atoms with van der Waals surface area (Å²) in [6.45, 7) is 1.60. The van der Waals surface area contributed by atoms with Gasteiger partial charge in [0.05, 0.1) is 0 Å². The van der Waals surface area contributed by atoms with Crippen LogP contribution in [0, 0.1) is 12.7 Å². The van der Waals surface area contributed by atoms with Gasteiger partial charge in [-0.3, -0.25) is 0 Å². The molecule has 4 nitrogen and oxygen atoms in total. The normalized spacial score (nSPS) is 10.4. The zero-order valence-electron chi connectivity index (χ0n) is 9.11. The van der Waals surface area contributed by atoms with Crippen molar-refractivity contribution in [2.24, 2.45) is 0 Å². The molecule has 0 aliphatic carbocycles. The number of hydrogen-bond acceptors (Lipinski definition) is 4. The number of carboxylic acid groups (broad SMARTS) is 1. The zero-order chi connectivity index (χ0) is 13.3. The van der Waals surface area contributed by atoms with Gasteiger partial charge in [0.2, 0.25) is 0 Å². The van der Waals surface area contributed by atoms with Crippen molar-refractivity contribution in [1.82, 2.24) is 4.98 Å². The molecule has 0 atom stereocenters. The number of thiazole rings is 1. The Balaban J connectivity index is 2.26. The first-order valence-electron chi connectivity index (χ1n) is 4.81. The summed E-state index contributed by atoms with van der Waals surface area (Å²) < 4.78 is 18.4. The Morgan fingerprint density at radius 3 is 2.83 bits per heavy atom. The Morgan fingerprint density at radius 2 is 2.28 bits per heavy atom. The fourth-order valence-electron chi connectivity index (χ4n) is 1.24. The number of halogens is 2. The Morgan fingerprint density at radius 1 is 1.56 bits per heavy atom. The van der Waals surface area contributed by atoms with E-state index in [2.05, 4.69) is 4.98 Å². The van der Waals surface area contributed by atoms with Gasteiger partial charge in [0.15, 0.2) is 10.0 Å². The van der Waals surface area contributed by atoms with Crippen molar-refractivity contribution in [3.63, 3.8) is 0 Å². The lowest BCUT2D eigenvalue weighted by Crippen LogP contribution is -1.91. The van der Waals surface area contributed by atoms with Gasteiger partial charge < -0.3 is 9.84 Å². The third kappa shape index (κ3) is 2.60. The van der Waals surface area contributed by atoms with Gasteiger partial charge in [0, 0.05) is 0 Å². The smallest absolute Gasteiger partial charge is 0.349 e. The van der Waals surface area contributed by atoms with E-state index >= 15 is 0 Å². The van der Waals surface area contributed by atoms with E-state index in [1.54, 1.807) is 6.92 Å². The van der Waals surface area contributed by atoms with Crippen LogP contribution in [0.4, 0.5) is 4.39 Å². The molecule has 94 valence electrons. The summed E-state index contributed by atoms with van der Waals surface area (Å²) in [7, 11) is 0. The molecule has 1 aromatic heterocycles. The summed E-state index contributed by atoms with van der Waals surface area (Å²) >= 11 is 6.46. The van der Waals surface area contributed by atoms with Crippen LogP contribution < -0.4 is 4.74 Å². The highest BCUT2D eigenvalue weighted by atomic mass is 35.5. The Kier molecular flexibility index (Phi) is 3.49. The number of aryl methyl sites for hydroxylation is 1. The maximum atomic E-state index is 13.0. The second-order valence-corrected chi connectivity index (χ2v) is 4.74. The third-order valence-electron chi connectivity index (χ3n) is 2.09. The SMILES string of the molecule is Cc1cc(Oc2nc(Cl)c(C(=O)O)s2)ccc1F. The predicted octanol–water partition coefficient (Wildman–Crippen LogP) is 3.73. The van der Waals surface area contributed by atoms with E-state index in [-0.39, 0.29) is 21.0 Å². The molecule has 2 rings (SSSR count). The second kappa shape index (κ2) is 4.91. The summed E-state index contributed by atoms with van der Waals surface area (Å²) in [5, 5.41) is 8.78. The van der Waals surface area contributed by atoms with Crippen molar-refractivity contribution in [2.45, 2.75) is 6.92 Å². The number of ether oxygens (including phenoxy) is 1. The summed E-state index contributed by atoms with van der Waals surface area (Å²) in [5.74, 6) is -1.13. The van der Waals surface area contributed by atoms with Gasteiger partial charge in [-0.2, -0.15) is 4.98 Å². The fraction of sp³-hybridized carbons (Fsp3) is 0.0909. The van der Waals surface area contributed by atoms with Crippen LogP contribution in [0.3, 0.4) is 0 Å². The molecule has 0 saturated heterocycles. The Labute approximate surface area is 111 Å². The Bertz CT molecular complexity index is 614. The first-order valence-corrected chi connectivity index (χ1v) is 6.00. The molecule has 18 heavy (non-hydrogen) atoms. The van der Waals surface area contributed by atoms with Crippen LogP contribution in [0.5, 0.6) is 10.9 Å². The van der Waals surface area contributed by atoms with E-state index < -0.39 is 5.97 Å². The molecule has 0 fully saturated rings. The van der Waals surface area contributed by atoms with Crippen molar-refractivity contribution in [3.8, 4) is 10.9 Å². The summed E-state index contributed by atoms with van der Waals surface area (Å²) in [4.78, 5) is 14.4. The summed E-state index contributed by atoms with van der Waals surface area (Å²) in [6.07, 6.45) is 0. The van der Waals surface area contributed by atoms with Gasteiger partial charge in [0.25, 0.3) is 5.19 Å². The first kappa shape index (κ1) is 12.8. The third-order valence-corrected chi connectivity index (χ3v) is 3.40. The average Bonchev–Trinajstić information content (AvgIpc) is 2.65. The molecule has 0 aliphatic heterocycles. The number of rotatable bonds is 3. The Hall–Kier alpha value is -1.66. The number of carboxylic acids is 1. The molecule has 0 saturated carbocycles. The quantitative estimate of drug-likeness (QED) is 0.934. The van der Waals surface area contributed by atoms with Crippen molar-refractivity contribution in [3.05, 3.63) is 39.6 Å². The molecule has 0 spiro atoms. The van der Waals surface area contributed by atoms with E-state index in [0.29, 0.717) is 11.3 Å². The van der Waals surface area contributed by atoms with Crippen molar-refractivity contribution < 1.29 is 19.0 Å². The molecule has 0 radical (unpaired) electrons. The largest absolute Gasteiger partial charge is 0.477 e. The summed E-state index contributed by atoms with van der Waals surface area (Å²) in [6, 6.07) is 4.18. The van der Waals surface area contributed by atoms with Crippen LogP contribution in [0.15, 0.2) is 18.2 Å². The van der Waals surface area contributed by atoms with Crippen LogP contribution in [0.1, 0.15) is 15.2 Å². The highest BCUT2D eigenvalue weighted by Crippen LogP contribution is 2.32. The minimum atomic E-state index is -1.16. The molecule has 2 aromatic rings. The van der Waals surface area contributed by atoms with E-state index in [0.717, 1.165) is 11.3 Å². The number of benzene rings is 1. The lowest BCUT2D eigenvalue weighted by atomic mass is 10.2. The molecule has 1 N–H and O–H groups in total. The lowest BCUT2D eigenvalue weighted by Gasteiger charge is -2.02. The molecular formula is C11H7ClFNO3S. The molecule has 0 bridgehead atoms. The molecule has 1 heterocycles. The number of carbonyl (C=O) groups is 1. The fourth-order valence-corrected chi connectivity index (χ4v) is 2.23. The van der Waals surface area contributed by atoms with Crippen molar-refractivity contribution in [1.29, 1.82) is 0 Å². The van der Waals surface area contributed by atoms with Crippen LogP contribution >= 0.6 is 22.9 Å². The van der Waals surface area contributed by atoms with Crippen LogP contribution in [0.25, 0.3) is 0 Å². The first-order chi connectivity index (χ1) is 8.47. The topological polar surface area (TPSA) is 59.4 Å². The highest BCUT2D eigenvalue weighted by Gasteiger charge is 2.17. The van der Waals surface area contributed by atoms with Gasteiger partial charge in [-0.05, 0) is 30.7 Å². The second-order valence-electron chi connectivity index (χ2n) is 3.42. The molecule has 0 amide bonds. The van der Waals surface area contributed by atoms with E-state index in [4.69, 9.17) is 21.4 Å². The highest BCUT2D eigenvalue weighted by molar-refractivity contribution is 7.15. The maximum Gasteiger partial charge on any atom is 0.349 e. The standard InChI is InChI=1S/C11H7ClFNO3S/c1-5-4-6(2-3-7(5)13)17-11-14-9(12)8(18-11)10(15)16/h2-4H,1H3,(H,15,16). The lowest BCUT2D eigenvalue weighted by molar-refractivity contribution is 0.0702. The zero-order valence-corrected chi connectivity index (χ0v) is 10.7. The van der Waals surface area contributed by atoms with E-state index in [1.165, 1.54) is 18.2 Å². The maximum absolute atomic E-state index is 13.0. The van der Waals surface area contributed by atoms with Crippen molar-refractivity contribution >= 4 is 28.9 Å². The van der Waals surface area contributed by atoms with Gasteiger partial charge in [-0.25, -0.2) is 9.18 Å². The number of hydrogen-bond donors (Lipinski definition) is 1. The molecular weight excluding hydrogens is 281 g/mol. The molecule has 1 aromatic carbocycles. The van der Waals surface area contributed by atoms with E-state index in [9.17, 15) is 9.18 Å². The predicted molar refractivity (Wildman–Crippen MR) is 65.3 cm³/mol. The van der Waals surface area contributed by atoms with Crippen LogP contribution in [-0.4, -0.2) is 16.1 Å². The van der Waals surface area contributed by atoms with Gasteiger partial charge in [-0.15, -0.1) is 0 Å². The molecule has 0 unspecified atom stereocenters. The molecule has 7 heteroatoms. The minimum absolute atomic E-state index is 0.0921. The minimum Gasteiger partial charge on any atom is -0.477 e. The van der Waals surface area contributed by atoms with Gasteiger partial charge >= 0.3 is 5.97 Å². The summed E-state index contributed by atoms with van der Waals surface area (Å²) in [5.41, 5.74) is 0.425. The molecule has 0 aliphatic rings. The average molecular weight is 288 g/mol. The number of aromatic carboxylic acids is 1. The van der Waals surface area contributed by atoms with E-state index in [1.807, 2.05) is 0 Å². The van der Waals surface area contributed by atoms with Gasteiger partial charge in [0.1, 0.15) is 11.6 Å². The van der Waals surface area contributed by atoms with Crippen LogP contribution in [0.2, 0.25) is 5.15 Å². The van der Waals surface area contributed by atoms with Crippen molar-refractivity contribution in [2.75, 3.05) is 0 Å². The number of nitrogens with zero attached hydrogens (tertiary/aromatic N) is 1.